The van der Waals surface area contributed by atoms with Gasteiger partial charge >= 0.3 is 6.18 Å². The van der Waals surface area contributed by atoms with E-state index in [4.69, 9.17) is 4.74 Å². The third-order valence-corrected chi connectivity index (χ3v) is 5.61. The topological polar surface area (TPSA) is 50.8 Å². The van der Waals surface area contributed by atoms with E-state index < -0.39 is 11.7 Å². The van der Waals surface area contributed by atoms with E-state index in [1.807, 2.05) is 12.1 Å². The Morgan fingerprint density at radius 1 is 1.03 bits per heavy atom. The molecule has 0 unspecified atom stereocenters. The molecular formula is C22H26F3N3OS. The van der Waals surface area contributed by atoms with Crippen molar-refractivity contribution in [2.75, 3.05) is 6.61 Å². The first kappa shape index (κ1) is 22.5. The number of H-pyrrole nitrogens is 1. The van der Waals surface area contributed by atoms with Crippen LogP contribution in [0.5, 0.6) is 5.75 Å². The van der Waals surface area contributed by atoms with E-state index in [-0.39, 0.29) is 0 Å². The van der Waals surface area contributed by atoms with Crippen molar-refractivity contribution < 1.29 is 17.9 Å². The minimum Gasteiger partial charge on any atom is -0.493 e. The summed E-state index contributed by atoms with van der Waals surface area (Å²) in [5.41, 5.74) is 1.02. The average Bonchev–Trinajstić information content (AvgIpc) is 3.13. The lowest BCUT2D eigenvalue weighted by Gasteiger charge is -2.07. The van der Waals surface area contributed by atoms with E-state index in [2.05, 4.69) is 21.9 Å². The fourth-order valence-corrected chi connectivity index (χ4v) is 3.86. The van der Waals surface area contributed by atoms with Crippen LogP contribution in [0.3, 0.4) is 0 Å². The molecule has 162 valence electrons. The quantitative estimate of drug-likeness (QED) is 0.259. The Bertz CT molecular complexity index is 943. The highest BCUT2D eigenvalue weighted by atomic mass is 32.2. The van der Waals surface area contributed by atoms with Crippen LogP contribution in [-0.4, -0.2) is 21.6 Å². The molecule has 8 heteroatoms. The molecular weight excluding hydrogens is 411 g/mol. The Hall–Kier alpha value is -2.22. The van der Waals surface area contributed by atoms with Crippen molar-refractivity contribution in [1.29, 1.82) is 0 Å². The highest BCUT2D eigenvalue weighted by Gasteiger charge is 2.30. The molecule has 0 aliphatic heterocycles. The lowest BCUT2D eigenvalue weighted by molar-refractivity contribution is -0.137. The lowest BCUT2D eigenvalue weighted by Crippen LogP contribution is -2.04. The number of pyridine rings is 1. The third-order valence-electron chi connectivity index (χ3n) is 4.70. The number of rotatable bonds is 11. The minimum atomic E-state index is -4.37. The summed E-state index contributed by atoms with van der Waals surface area (Å²) < 4.78 is 44.4. The van der Waals surface area contributed by atoms with E-state index in [1.54, 1.807) is 6.20 Å². The lowest BCUT2D eigenvalue weighted by atomic mass is 10.1. The van der Waals surface area contributed by atoms with E-state index in [9.17, 15) is 13.2 Å². The number of hydrogen-bond acceptors (Lipinski definition) is 4. The predicted octanol–water partition coefficient (Wildman–Crippen LogP) is 7.01. The second kappa shape index (κ2) is 10.7. The number of aromatic nitrogens is 3. The van der Waals surface area contributed by atoms with Crippen molar-refractivity contribution in [3.63, 3.8) is 0 Å². The van der Waals surface area contributed by atoms with Gasteiger partial charge in [-0.05, 0) is 30.7 Å². The molecule has 0 fully saturated rings. The van der Waals surface area contributed by atoms with Crippen molar-refractivity contribution in [2.45, 2.75) is 62.5 Å². The Labute approximate surface area is 178 Å². The first-order valence-corrected chi connectivity index (χ1v) is 11.2. The van der Waals surface area contributed by atoms with Crippen LogP contribution < -0.4 is 4.74 Å². The fraction of sp³-hybridized carbons (Fsp3) is 0.455. The highest BCUT2D eigenvalue weighted by molar-refractivity contribution is 7.98. The average molecular weight is 438 g/mol. The van der Waals surface area contributed by atoms with Crippen LogP contribution in [0.4, 0.5) is 13.2 Å². The van der Waals surface area contributed by atoms with E-state index in [1.165, 1.54) is 49.9 Å². The molecule has 0 radical (unpaired) electrons. The third kappa shape index (κ3) is 6.65. The molecule has 0 saturated carbocycles. The summed E-state index contributed by atoms with van der Waals surface area (Å²) in [6, 6.07) is 7.25. The number of ether oxygens (including phenoxy) is 1. The summed E-state index contributed by atoms with van der Waals surface area (Å²) in [5, 5.41) is 0.560. The molecule has 0 aliphatic rings. The van der Waals surface area contributed by atoms with Crippen molar-refractivity contribution in [3.05, 3.63) is 47.8 Å². The number of fused-ring (bicyclic) bond motifs is 1. The van der Waals surface area contributed by atoms with Gasteiger partial charge in [-0.15, -0.1) is 0 Å². The first-order chi connectivity index (χ1) is 14.5. The van der Waals surface area contributed by atoms with Crippen molar-refractivity contribution in [1.82, 2.24) is 15.0 Å². The Morgan fingerprint density at radius 2 is 1.83 bits per heavy atom. The second-order valence-corrected chi connectivity index (χ2v) is 8.12. The summed E-state index contributed by atoms with van der Waals surface area (Å²) in [5.74, 6) is 1.33. The standard InChI is InChI=1S/C22H26F3N3OS/c1-2-3-4-5-6-7-12-29-18-10-11-26-17(14-18)15-30-21-27-19-9-8-16(22(23,24)25)13-20(19)28-21/h8-11,13-14H,2-7,12,15H2,1H3,(H,27,28). The smallest absolute Gasteiger partial charge is 0.416 e. The zero-order valence-corrected chi connectivity index (χ0v) is 17.8. The molecule has 0 atom stereocenters. The molecule has 4 nitrogen and oxygen atoms in total. The zero-order valence-electron chi connectivity index (χ0n) is 17.0. The molecule has 0 aliphatic carbocycles. The van der Waals surface area contributed by atoms with Gasteiger partial charge in [0.25, 0.3) is 0 Å². The molecule has 0 spiro atoms. The van der Waals surface area contributed by atoms with Gasteiger partial charge in [0.05, 0.1) is 28.9 Å². The molecule has 0 bridgehead atoms. The second-order valence-electron chi connectivity index (χ2n) is 7.16. The van der Waals surface area contributed by atoms with Gasteiger partial charge in [-0.3, -0.25) is 4.98 Å². The van der Waals surface area contributed by atoms with Crippen LogP contribution in [0, 0.1) is 0 Å². The Balaban J connectivity index is 1.50. The number of halogens is 3. The van der Waals surface area contributed by atoms with Gasteiger partial charge in [0, 0.05) is 18.0 Å². The Morgan fingerprint density at radius 3 is 2.63 bits per heavy atom. The number of benzene rings is 1. The number of nitrogens with zero attached hydrogens (tertiary/aromatic N) is 2. The van der Waals surface area contributed by atoms with Crippen LogP contribution in [0.2, 0.25) is 0 Å². The van der Waals surface area contributed by atoms with Gasteiger partial charge < -0.3 is 9.72 Å². The van der Waals surface area contributed by atoms with Gasteiger partial charge in [0.1, 0.15) is 5.75 Å². The molecule has 0 amide bonds. The highest BCUT2D eigenvalue weighted by Crippen LogP contribution is 2.32. The van der Waals surface area contributed by atoms with Gasteiger partial charge in [-0.2, -0.15) is 13.2 Å². The number of imidazole rings is 1. The monoisotopic (exact) mass is 437 g/mol. The molecule has 2 aromatic heterocycles. The number of thioether (sulfide) groups is 1. The van der Waals surface area contributed by atoms with Crippen LogP contribution in [0.25, 0.3) is 11.0 Å². The van der Waals surface area contributed by atoms with Gasteiger partial charge in [0.15, 0.2) is 5.16 Å². The zero-order chi connectivity index (χ0) is 21.4. The molecule has 3 aromatic rings. The molecule has 1 N–H and O–H groups in total. The van der Waals surface area contributed by atoms with Crippen molar-refractivity contribution in [2.24, 2.45) is 0 Å². The number of hydrogen-bond donors (Lipinski definition) is 1. The van der Waals surface area contributed by atoms with E-state index in [0.717, 1.165) is 30.0 Å². The summed E-state index contributed by atoms with van der Waals surface area (Å²) in [6.45, 7) is 2.90. The fourth-order valence-electron chi connectivity index (χ4n) is 3.07. The van der Waals surface area contributed by atoms with E-state index in [0.29, 0.717) is 28.5 Å². The molecule has 1 aromatic carbocycles. The number of aromatic amines is 1. The maximum Gasteiger partial charge on any atom is 0.416 e. The first-order valence-electron chi connectivity index (χ1n) is 10.2. The summed E-state index contributed by atoms with van der Waals surface area (Å²) in [7, 11) is 0. The van der Waals surface area contributed by atoms with Crippen LogP contribution in [0.1, 0.15) is 56.7 Å². The maximum atomic E-state index is 12.9. The summed E-state index contributed by atoms with van der Waals surface area (Å²) in [4.78, 5) is 11.6. The van der Waals surface area contributed by atoms with Gasteiger partial charge in [-0.1, -0.05) is 50.8 Å². The SMILES string of the molecule is CCCCCCCCOc1ccnc(CSc2nc3ccc(C(F)(F)F)cc3[nH]2)c1. The van der Waals surface area contributed by atoms with Gasteiger partial charge in [-0.25, -0.2) is 4.98 Å². The Kier molecular flexibility index (Phi) is 8.01. The molecule has 30 heavy (non-hydrogen) atoms. The number of alkyl halides is 3. The van der Waals surface area contributed by atoms with Crippen molar-refractivity contribution in [3.8, 4) is 5.75 Å². The molecule has 2 heterocycles. The normalized spacial score (nSPS) is 11.9. The molecule has 3 rings (SSSR count). The number of nitrogens with one attached hydrogen (secondary N) is 1. The number of unbranched alkanes of at least 4 members (excludes halogenated alkanes) is 5. The molecule has 0 saturated heterocycles. The summed E-state index contributed by atoms with van der Waals surface area (Å²) in [6.07, 6.45) is 4.62. The van der Waals surface area contributed by atoms with Crippen molar-refractivity contribution >= 4 is 22.8 Å². The van der Waals surface area contributed by atoms with Crippen LogP contribution in [-0.2, 0) is 11.9 Å². The largest absolute Gasteiger partial charge is 0.493 e. The van der Waals surface area contributed by atoms with Gasteiger partial charge in [0.2, 0.25) is 0 Å². The van der Waals surface area contributed by atoms with E-state index >= 15 is 0 Å². The summed E-state index contributed by atoms with van der Waals surface area (Å²) >= 11 is 1.39. The van der Waals surface area contributed by atoms with Crippen LogP contribution >= 0.6 is 11.8 Å². The van der Waals surface area contributed by atoms with Crippen LogP contribution in [0.15, 0.2) is 41.7 Å². The minimum absolute atomic E-state index is 0.372. The maximum absolute atomic E-state index is 12.9. The predicted molar refractivity (Wildman–Crippen MR) is 114 cm³/mol.